The molecule has 0 aromatic heterocycles. The number of likely N-dealkylation sites (tertiary alicyclic amines) is 1. The Labute approximate surface area is 243 Å². The molecule has 4 N–H and O–H groups in total. The fraction of sp³-hybridized carbons (Fsp3) is 0.571. The summed E-state index contributed by atoms with van der Waals surface area (Å²) in [5.41, 5.74) is 1.27. The minimum absolute atomic E-state index is 0.0519. The maximum absolute atomic E-state index is 14.1. The van der Waals surface area contributed by atoms with E-state index in [4.69, 9.17) is 5.11 Å². The van der Waals surface area contributed by atoms with Crippen molar-refractivity contribution in [1.82, 2.24) is 15.5 Å². The van der Waals surface area contributed by atoms with Crippen LogP contribution in [0.3, 0.4) is 0 Å². The van der Waals surface area contributed by atoms with Crippen molar-refractivity contribution in [3.8, 4) is 0 Å². The number of carbonyl (C=O) groups is 6. The number of carboxylic acids is 1. The quantitative estimate of drug-likeness (QED) is 0.134. The summed E-state index contributed by atoms with van der Waals surface area (Å²) in [5, 5.41) is 17.3. The first-order valence-corrected chi connectivity index (χ1v) is 16.2. The topological polar surface area (TPSA) is 162 Å². The third-order valence-electron chi connectivity index (χ3n) is 7.65. The van der Waals surface area contributed by atoms with Crippen molar-refractivity contribution in [3.05, 3.63) is 29.3 Å². The second-order valence-electron chi connectivity index (χ2n) is 11.8. The number of hydrogen-bond donors (Lipinski definition) is 4. The van der Waals surface area contributed by atoms with Crippen molar-refractivity contribution in [3.63, 3.8) is 0 Å². The molecule has 4 amide bonds. The monoisotopic (exact) mass is 667 g/mol. The number of fused-ring (bicyclic) bond motifs is 2. The molecule has 3 aliphatic rings. The van der Waals surface area contributed by atoms with Gasteiger partial charge in [0.1, 0.15) is 6.29 Å². The average Bonchev–Trinajstić information content (AvgIpc) is 3.51. The summed E-state index contributed by atoms with van der Waals surface area (Å²) >= 11 is -0.0519. The molecule has 12 heteroatoms. The number of nitrogens with zero attached hydrogens (tertiary/aromatic N) is 1. The zero-order chi connectivity index (χ0) is 29.4. The van der Waals surface area contributed by atoms with Crippen LogP contribution >= 0.6 is 0 Å². The van der Waals surface area contributed by atoms with Crippen LogP contribution in [0.4, 0.5) is 5.69 Å². The summed E-state index contributed by atoms with van der Waals surface area (Å²) in [6.07, 6.45) is 1.96. The van der Waals surface area contributed by atoms with Gasteiger partial charge in [-0.05, 0) is 0 Å². The van der Waals surface area contributed by atoms with Crippen LogP contribution < -0.4 is 37.2 Å². The molecule has 0 radical (unpaired) electrons. The van der Waals surface area contributed by atoms with Gasteiger partial charge in [0.15, 0.2) is 0 Å². The molecule has 2 bridgehead atoms. The van der Waals surface area contributed by atoms with Gasteiger partial charge in [-0.1, -0.05) is 0 Å². The van der Waals surface area contributed by atoms with Gasteiger partial charge in [-0.25, -0.2) is 0 Å². The van der Waals surface area contributed by atoms with E-state index in [1.165, 1.54) is 6.92 Å². The van der Waals surface area contributed by atoms with E-state index in [9.17, 15) is 28.8 Å². The summed E-state index contributed by atoms with van der Waals surface area (Å²) in [4.78, 5) is 76.6. The standard InChI is InChI=1S/C28H36IN4O7/c1-14(35)30-16-6-8-19(20(10-16)21-12-29-21)25(38)32-24(28(2,3)4)27(40)33-18-7-5-15(9-18)23(33)26(39)31-17(13-34)11-22(36)37/h6,8,10,13,15,17-18,21,23-24H,5,7,9,11-12H2,1-4H3,(H,30,35)(H,31,39)(H,32,38)(H,36,37)/q-1. The van der Waals surface area contributed by atoms with Crippen molar-refractivity contribution in [2.45, 2.75) is 81.5 Å². The molecule has 1 aromatic rings. The maximum atomic E-state index is 14.1. The number of amides is 4. The summed E-state index contributed by atoms with van der Waals surface area (Å²) in [7, 11) is 0. The number of anilines is 1. The number of hydrogen-bond acceptors (Lipinski definition) is 6. The van der Waals surface area contributed by atoms with Crippen LogP contribution in [0.2, 0.25) is 0 Å². The van der Waals surface area contributed by atoms with E-state index in [0.717, 1.165) is 22.8 Å². The third-order valence-corrected chi connectivity index (χ3v) is 10.1. The van der Waals surface area contributed by atoms with Crippen LogP contribution in [0.15, 0.2) is 18.2 Å². The summed E-state index contributed by atoms with van der Waals surface area (Å²) in [6, 6.07) is 2.05. The Balaban J connectivity index is 1.58. The molecule has 6 atom stereocenters. The fourth-order valence-corrected chi connectivity index (χ4v) is 7.48. The van der Waals surface area contributed by atoms with Gasteiger partial charge < -0.3 is 9.90 Å². The molecule has 1 aromatic carbocycles. The van der Waals surface area contributed by atoms with Crippen molar-refractivity contribution in [2.24, 2.45) is 11.3 Å². The molecule has 1 aliphatic carbocycles. The number of carboxylic acid groups (broad SMARTS) is 1. The zero-order valence-corrected chi connectivity index (χ0v) is 25.2. The van der Waals surface area contributed by atoms with Crippen LogP contribution in [0.25, 0.3) is 0 Å². The van der Waals surface area contributed by atoms with Crippen LogP contribution in [-0.4, -0.2) is 74.5 Å². The molecule has 0 spiro atoms. The van der Waals surface area contributed by atoms with Crippen molar-refractivity contribution < 1.29 is 55.1 Å². The molecule has 1 saturated carbocycles. The molecule has 40 heavy (non-hydrogen) atoms. The number of alkyl halides is 2. The van der Waals surface area contributed by atoms with Gasteiger partial charge in [0.05, 0.1) is 6.42 Å². The normalized spacial score (nSPS) is 24.8. The van der Waals surface area contributed by atoms with Gasteiger partial charge in [0.25, 0.3) is 0 Å². The van der Waals surface area contributed by atoms with Crippen molar-refractivity contribution in [2.75, 3.05) is 9.74 Å². The molecular formula is C28H36IN4O7-. The molecule has 2 saturated heterocycles. The first-order valence-electron chi connectivity index (χ1n) is 13.4. The Bertz CT molecular complexity index is 1230. The van der Waals surface area contributed by atoms with Gasteiger partial charge in [-0.2, -0.15) is 0 Å². The average molecular weight is 668 g/mol. The number of halogens is 1. The van der Waals surface area contributed by atoms with Gasteiger partial charge in [0.2, 0.25) is 0 Å². The molecule has 4 rings (SSSR count). The summed E-state index contributed by atoms with van der Waals surface area (Å²) in [5.74, 6) is -2.83. The second-order valence-corrected chi connectivity index (χ2v) is 15.1. The molecule has 2 heterocycles. The van der Waals surface area contributed by atoms with E-state index in [2.05, 4.69) is 16.0 Å². The van der Waals surface area contributed by atoms with E-state index >= 15 is 0 Å². The van der Waals surface area contributed by atoms with Gasteiger partial charge in [-0.3, -0.25) is 4.79 Å². The SMILES string of the molecule is CC(=O)Nc1ccc(C(=O)NC(C(=O)N2C3CCC(C3)C2C(=O)NC(C=O)CC(=O)O)C(C)(C)C)c(C2C[I-]2)c1. The van der Waals surface area contributed by atoms with Gasteiger partial charge in [-0.15, -0.1) is 0 Å². The van der Waals surface area contributed by atoms with Gasteiger partial charge in [0, 0.05) is 0 Å². The molecular weight excluding hydrogens is 631 g/mol. The number of nitrogens with one attached hydrogen (secondary N) is 3. The van der Waals surface area contributed by atoms with Crippen LogP contribution in [-0.2, 0) is 24.0 Å². The van der Waals surface area contributed by atoms with Crippen LogP contribution in [0, 0.1) is 11.3 Å². The predicted octanol–water partition coefficient (Wildman–Crippen LogP) is -1.53. The number of benzene rings is 1. The summed E-state index contributed by atoms with van der Waals surface area (Å²) in [6.45, 7) is 6.97. The minimum atomic E-state index is -1.22. The number of piperidine rings is 1. The fourth-order valence-electron chi connectivity index (χ4n) is 5.76. The molecule has 11 nitrogen and oxygen atoms in total. The molecule has 3 fully saturated rings. The van der Waals surface area contributed by atoms with E-state index < -0.39 is 41.8 Å². The number of aliphatic carboxylic acids is 1. The van der Waals surface area contributed by atoms with Crippen molar-refractivity contribution in [1.29, 1.82) is 0 Å². The number of carbonyl (C=O) groups excluding carboxylic acids is 5. The van der Waals surface area contributed by atoms with E-state index in [1.54, 1.807) is 17.0 Å². The van der Waals surface area contributed by atoms with E-state index in [1.807, 2.05) is 26.8 Å². The zero-order valence-electron chi connectivity index (χ0n) is 23.0. The Morgan fingerprint density at radius 2 is 1.85 bits per heavy atom. The Morgan fingerprint density at radius 3 is 2.42 bits per heavy atom. The Hall–Kier alpha value is -3.03. The van der Waals surface area contributed by atoms with Crippen molar-refractivity contribution >= 4 is 41.6 Å². The van der Waals surface area contributed by atoms with E-state index in [0.29, 0.717) is 27.9 Å². The van der Waals surface area contributed by atoms with Gasteiger partial charge >= 0.3 is 217 Å². The third kappa shape index (κ3) is 6.64. The summed E-state index contributed by atoms with van der Waals surface area (Å²) < 4.78 is 1.36. The molecule has 6 unspecified atom stereocenters. The number of aldehydes is 1. The predicted molar refractivity (Wildman–Crippen MR) is 141 cm³/mol. The molecule has 2 aliphatic heterocycles. The first kappa shape index (κ1) is 29.9. The Morgan fingerprint density at radius 1 is 1.15 bits per heavy atom. The van der Waals surface area contributed by atoms with Crippen LogP contribution in [0.1, 0.15) is 73.2 Å². The van der Waals surface area contributed by atoms with E-state index in [-0.39, 0.29) is 50.9 Å². The van der Waals surface area contributed by atoms with Crippen LogP contribution in [0.5, 0.6) is 0 Å². The number of rotatable bonds is 10. The molecule has 218 valence electrons. The second kappa shape index (κ2) is 11.8. The first-order chi connectivity index (χ1) is 18.8. The Kier molecular flexibility index (Phi) is 8.86.